The van der Waals surface area contributed by atoms with E-state index in [1.165, 1.54) is 113 Å². The Balaban J connectivity index is 0.000000518. The summed E-state index contributed by atoms with van der Waals surface area (Å²) in [5.74, 6) is 0. The molecule has 286 valence electrons. The molecule has 0 fully saturated rings. The second kappa shape index (κ2) is 16.5. The molecule has 3 aliphatic carbocycles. The summed E-state index contributed by atoms with van der Waals surface area (Å²) in [6.07, 6.45) is 16.5. The van der Waals surface area contributed by atoms with Crippen molar-refractivity contribution < 1.29 is 0 Å². The predicted octanol–water partition coefficient (Wildman–Crippen LogP) is 16.0. The predicted molar refractivity (Wildman–Crippen MR) is 255 cm³/mol. The van der Waals surface area contributed by atoms with Crippen molar-refractivity contribution in [1.82, 2.24) is 4.57 Å². The Hall–Kier alpha value is -6.96. The van der Waals surface area contributed by atoms with Gasteiger partial charge in [0.2, 0.25) is 0 Å². The van der Waals surface area contributed by atoms with Gasteiger partial charge in [0.15, 0.2) is 0 Å². The normalized spacial score (nSPS) is 13.3. The topological polar surface area (TPSA) is 4.93 Å². The summed E-state index contributed by atoms with van der Waals surface area (Å²) in [5.41, 5.74) is 22.8. The van der Waals surface area contributed by atoms with Gasteiger partial charge in [-0.05, 0) is 166 Å². The maximum absolute atomic E-state index is 3.46. The number of nitrogens with zero attached hydrogens (tertiary/aromatic N) is 1. The Kier molecular flexibility index (Phi) is 10.5. The number of fused-ring (bicyclic) bond motifs is 8. The van der Waals surface area contributed by atoms with Gasteiger partial charge < -0.3 is 4.57 Å². The van der Waals surface area contributed by atoms with Gasteiger partial charge in [0.1, 0.15) is 0 Å². The minimum atomic E-state index is 0.982. The molecule has 1 nitrogen and oxygen atoms in total. The second-order valence-electron chi connectivity index (χ2n) is 15.6. The highest BCUT2D eigenvalue weighted by molar-refractivity contribution is 6.10. The van der Waals surface area contributed by atoms with Crippen LogP contribution in [0.25, 0.3) is 77.6 Å². The van der Waals surface area contributed by atoms with E-state index < -0.39 is 0 Å². The lowest BCUT2D eigenvalue weighted by Gasteiger charge is -2.11. The van der Waals surface area contributed by atoms with Gasteiger partial charge in [-0.3, -0.25) is 0 Å². The van der Waals surface area contributed by atoms with Crippen molar-refractivity contribution >= 4 is 27.4 Å². The molecule has 0 spiro atoms. The summed E-state index contributed by atoms with van der Waals surface area (Å²) < 4.78 is 2.38. The Bertz CT molecular complexity index is 2980. The van der Waals surface area contributed by atoms with Crippen molar-refractivity contribution in [2.75, 3.05) is 0 Å². The van der Waals surface area contributed by atoms with Crippen LogP contribution in [-0.4, -0.2) is 4.57 Å². The summed E-state index contributed by atoms with van der Waals surface area (Å²) in [5, 5.41) is 2.56. The first-order valence-corrected chi connectivity index (χ1v) is 20.9. The van der Waals surface area contributed by atoms with E-state index in [1.54, 1.807) is 17.7 Å². The number of para-hydroxylation sites is 2. The van der Waals surface area contributed by atoms with Crippen LogP contribution in [0.2, 0.25) is 0 Å². The van der Waals surface area contributed by atoms with Crippen LogP contribution in [0, 0.1) is 0 Å². The van der Waals surface area contributed by atoms with Crippen LogP contribution in [0.15, 0.2) is 207 Å². The smallest absolute Gasteiger partial charge is 0.0541 e. The Morgan fingerprint density at radius 3 is 1.71 bits per heavy atom. The highest BCUT2D eigenvalue weighted by Crippen LogP contribution is 2.44. The lowest BCUT2D eigenvalue weighted by molar-refractivity contribution is 0.935. The van der Waals surface area contributed by atoms with E-state index in [1.807, 2.05) is 26.0 Å². The van der Waals surface area contributed by atoms with E-state index in [2.05, 4.69) is 182 Å². The maximum Gasteiger partial charge on any atom is 0.0541 e. The van der Waals surface area contributed by atoms with Crippen LogP contribution < -0.4 is 0 Å². The molecule has 1 heterocycles. The van der Waals surface area contributed by atoms with E-state index in [9.17, 15) is 0 Å². The quantitative estimate of drug-likeness (QED) is 0.122. The fraction of sp³-hybridized carbons (Fsp3) is 0.103. The first-order chi connectivity index (χ1) is 29.1. The molecule has 0 unspecified atom stereocenters. The van der Waals surface area contributed by atoms with E-state index in [-0.39, 0.29) is 0 Å². The summed E-state index contributed by atoms with van der Waals surface area (Å²) in [4.78, 5) is 0. The fourth-order valence-electron chi connectivity index (χ4n) is 9.12. The van der Waals surface area contributed by atoms with Crippen molar-refractivity contribution in [2.45, 2.75) is 39.5 Å². The van der Waals surface area contributed by atoms with Gasteiger partial charge in [-0.1, -0.05) is 146 Å². The molecule has 3 aliphatic rings. The van der Waals surface area contributed by atoms with Crippen LogP contribution in [0.1, 0.15) is 48.9 Å². The molecule has 11 rings (SSSR count). The SMILES string of the molecule is C1=CC2=C(CC1)Cc1ccc(-c3cccc(-c4ccc5c(c4)-c4cc(-c6ccc7c(c6)c6ccccc6n7-c6ccccc6)ccc4C5)c3)cc12.C=C/C=C\C.C=CC. The molecule has 59 heavy (non-hydrogen) atoms. The fourth-order valence-corrected chi connectivity index (χ4v) is 9.12. The van der Waals surface area contributed by atoms with Crippen LogP contribution in [-0.2, 0) is 12.8 Å². The van der Waals surface area contributed by atoms with Gasteiger partial charge in [0, 0.05) is 16.5 Å². The maximum atomic E-state index is 3.46. The zero-order chi connectivity index (χ0) is 40.3. The minimum Gasteiger partial charge on any atom is -0.309 e. The monoisotopic (exact) mass is 759 g/mol. The molecule has 1 aromatic heterocycles. The standard InChI is InChI=1S/C50H35N.C5H8.C3H6/c1-2-12-42(13-3-1)51-49-16-7-6-15-44(49)48-31-37(23-24-50(48)51)36-19-22-41-27-40-21-18-35(29-46(40)47(41)30-36)33-11-8-10-32(25-33)34-17-20-39-26-38-9-4-5-14-43(38)45(39)28-34;1-3-5-4-2;1-3-2/h1-3,5-8,10-25,28-31H,4,9,26-27H2;3-5H,1H2,2H3;3H,1H2,2H3/b;5-4-;. The van der Waals surface area contributed by atoms with Gasteiger partial charge >= 0.3 is 0 Å². The number of rotatable bonds is 5. The number of hydrogen-bond donors (Lipinski definition) is 0. The van der Waals surface area contributed by atoms with E-state index in [4.69, 9.17) is 0 Å². The third-order valence-corrected chi connectivity index (χ3v) is 11.9. The van der Waals surface area contributed by atoms with Crippen molar-refractivity contribution in [3.8, 4) is 50.2 Å². The van der Waals surface area contributed by atoms with Crippen LogP contribution in [0.4, 0.5) is 0 Å². The van der Waals surface area contributed by atoms with Crippen LogP contribution in [0.5, 0.6) is 0 Å². The molecule has 0 bridgehead atoms. The number of benzene rings is 7. The molecule has 0 radical (unpaired) electrons. The highest BCUT2D eigenvalue weighted by Gasteiger charge is 2.23. The zero-order valence-corrected chi connectivity index (χ0v) is 34.1. The molecule has 7 aromatic carbocycles. The molecule has 1 heteroatoms. The zero-order valence-electron chi connectivity index (χ0n) is 34.1. The van der Waals surface area contributed by atoms with Crippen LogP contribution in [0.3, 0.4) is 0 Å². The number of aromatic nitrogens is 1. The first-order valence-electron chi connectivity index (χ1n) is 20.9. The minimum absolute atomic E-state index is 0.982. The number of hydrogen-bond acceptors (Lipinski definition) is 0. The van der Waals surface area contributed by atoms with Gasteiger partial charge in [-0.25, -0.2) is 0 Å². The Morgan fingerprint density at radius 2 is 1.07 bits per heavy atom. The highest BCUT2D eigenvalue weighted by atomic mass is 15.0. The molecule has 0 atom stereocenters. The third kappa shape index (κ3) is 7.15. The third-order valence-electron chi connectivity index (χ3n) is 11.9. The molecule has 0 saturated heterocycles. The molecule has 0 aliphatic heterocycles. The van der Waals surface area contributed by atoms with Gasteiger partial charge in [0.05, 0.1) is 11.0 Å². The van der Waals surface area contributed by atoms with E-state index >= 15 is 0 Å². The van der Waals surface area contributed by atoms with E-state index in [0.29, 0.717) is 0 Å². The van der Waals surface area contributed by atoms with E-state index in [0.717, 1.165) is 12.8 Å². The first kappa shape index (κ1) is 37.6. The summed E-state index contributed by atoms with van der Waals surface area (Å²) in [7, 11) is 0. The average Bonchev–Trinajstić information content (AvgIpc) is 3.96. The average molecular weight is 760 g/mol. The van der Waals surface area contributed by atoms with Crippen molar-refractivity contribution in [3.05, 3.63) is 229 Å². The van der Waals surface area contributed by atoms with Crippen molar-refractivity contribution in [2.24, 2.45) is 0 Å². The van der Waals surface area contributed by atoms with Crippen LogP contribution >= 0.6 is 0 Å². The lowest BCUT2D eigenvalue weighted by atomic mass is 9.93. The molecule has 0 N–H and O–H groups in total. The largest absolute Gasteiger partial charge is 0.309 e. The van der Waals surface area contributed by atoms with Gasteiger partial charge in [-0.2, -0.15) is 0 Å². The molecular formula is C58H49N. The summed E-state index contributed by atoms with van der Waals surface area (Å²) >= 11 is 0. The molecule has 0 saturated carbocycles. The Labute approximate surface area is 349 Å². The Morgan fingerprint density at radius 1 is 0.508 bits per heavy atom. The van der Waals surface area contributed by atoms with Crippen molar-refractivity contribution in [1.29, 1.82) is 0 Å². The molecule has 0 amide bonds. The summed E-state index contributed by atoms with van der Waals surface area (Å²) in [6.45, 7) is 10.7. The molecular weight excluding hydrogens is 711 g/mol. The van der Waals surface area contributed by atoms with Gasteiger partial charge in [0.25, 0.3) is 0 Å². The van der Waals surface area contributed by atoms with Gasteiger partial charge in [-0.15, -0.1) is 6.58 Å². The second-order valence-corrected chi connectivity index (χ2v) is 15.6. The number of allylic oxidation sites excluding steroid dienone is 8. The summed E-state index contributed by atoms with van der Waals surface area (Å²) in [6, 6.07) is 56.8. The lowest BCUT2D eigenvalue weighted by Crippen LogP contribution is -1.92. The molecule has 8 aromatic rings. The van der Waals surface area contributed by atoms with Crippen molar-refractivity contribution in [3.63, 3.8) is 0 Å².